The molecular formula is C27H31N3O5. The number of likely N-dealkylation sites (N-methyl/N-ethyl adjacent to an activating group) is 1. The van der Waals surface area contributed by atoms with Gasteiger partial charge in [-0.1, -0.05) is 48.5 Å². The van der Waals surface area contributed by atoms with Crippen LogP contribution in [-0.4, -0.2) is 79.3 Å². The van der Waals surface area contributed by atoms with Crippen molar-refractivity contribution in [3.8, 4) is 11.1 Å². The van der Waals surface area contributed by atoms with Crippen molar-refractivity contribution in [3.05, 3.63) is 59.7 Å². The van der Waals surface area contributed by atoms with Crippen LogP contribution < -0.4 is 5.32 Å². The average molecular weight is 478 g/mol. The van der Waals surface area contributed by atoms with Crippen LogP contribution in [0.2, 0.25) is 0 Å². The van der Waals surface area contributed by atoms with Gasteiger partial charge in [0.05, 0.1) is 5.92 Å². The Morgan fingerprint density at radius 1 is 1.09 bits per heavy atom. The van der Waals surface area contributed by atoms with Gasteiger partial charge in [-0.15, -0.1) is 0 Å². The second kappa shape index (κ2) is 9.00. The van der Waals surface area contributed by atoms with Crippen molar-refractivity contribution in [1.29, 1.82) is 0 Å². The lowest BCUT2D eigenvalue weighted by molar-refractivity contribution is -0.143. The third-order valence-electron chi connectivity index (χ3n) is 7.63. The number of benzene rings is 2. The standard InChI is InChI=1S/C27H31N3O5/c1-29(2)14-23(24(31)30-13-22(25(32)33)27(16-30)11-12-27)28-26(34)35-15-21-19-9-5-3-7-17(19)18-8-4-6-10-20(18)21/h3-10,21-23H,11-16H2,1-2H3,(H,28,34)(H,32,33)/t22?,23-/m0/s1. The molecule has 2 N–H and O–H groups in total. The largest absolute Gasteiger partial charge is 0.481 e. The van der Waals surface area contributed by atoms with Crippen molar-refractivity contribution in [2.75, 3.05) is 40.3 Å². The molecule has 2 aromatic carbocycles. The number of ether oxygens (including phenoxy) is 1. The van der Waals surface area contributed by atoms with Crippen LogP contribution in [0, 0.1) is 11.3 Å². The van der Waals surface area contributed by atoms with Crippen LogP contribution in [0.4, 0.5) is 4.79 Å². The first-order chi connectivity index (χ1) is 16.8. The molecule has 8 nitrogen and oxygen atoms in total. The van der Waals surface area contributed by atoms with E-state index in [0.29, 0.717) is 13.1 Å². The molecule has 2 aliphatic carbocycles. The zero-order valence-corrected chi connectivity index (χ0v) is 20.1. The maximum absolute atomic E-state index is 13.3. The van der Waals surface area contributed by atoms with E-state index < -0.39 is 24.0 Å². The van der Waals surface area contributed by atoms with Crippen molar-refractivity contribution in [3.63, 3.8) is 0 Å². The normalized spacial score (nSPS) is 20.4. The van der Waals surface area contributed by atoms with Crippen molar-refractivity contribution < 1.29 is 24.2 Å². The van der Waals surface area contributed by atoms with Gasteiger partial charge in [-0.25, -0.2) is 4.79 Å². The second-order valence-corrected chi connectivity index (χ2v) is 10.3. The summed E-state index contributed by atoms with van der Waals surface area (Å²) >= 11 is 0. The van der Waals surface area contributed by atoms with E-state index in [1.165, 1.54) is 0 Å². The molecule has 0 radical (unpaired) electrons. The summed E-state index contributed by atoms with van der Waals surface area (Å²) in [6.07, 6.45) is 1.000. The molecule has 5 rings (SSSR count). The molecule has 0 aromatic heterocycles. The Morgan fingerprint density at radius 2 is 1.69 bits per heavy atom. The van der Waals surface area contributed by atoms with Crippen LogP contribution in [0.5, 0.6) is 0 Å². The summed E-state index contributed by atoms with van der Waals surface area (Å²) in [6.45, 7) is 1.07. The number of nitrogens with one attached hydrogen (secondary N) is 1. The zero-order chi connectivity index (χ0) is 24.7. The van der Waals surface area contributed by atoms with E-state index in [0.717, 1.165) is 35.1 Å². The minimum absolute atomic E-state index is 0.0687. The highest BCUT2D eigenvalue weighted by atomic mass is 16.5. The van der Waals surface area contributed by atoms with Gasteiger partial charge in [0.2, 0.25) is 5.91 Å². The van der Waals surface area contributed by atoms with Gasteiger partial charge in [0.15, 0.2) is 0 Å². The Balaban J connectivity index is 1.25. The van der Waals surface area contributed by atoms with Crippen LogP contribution in [0.3, 0.4) is 0 Å². The zero-order valence-electron chi connectivity index (χ0n) is 20.1. The van der Waals surface area contributed by atoms with E-state index in [4.69, 9.17) is 4.74 Å². The first-order valence-corrected chi connectivity index (χ1v) is 12.1. The third kappa shape index (κ3) is 4.38. The van der Waals surface area contributed by atoms with Crippen molar-refractivity contribution in [1.82, 2.24) is 15.1 Å². The van der Waals surface area contributed by atoms with Gasteiger partial charge < -0.3 is 25.0 Å². The molecule has 1 saturated carbocycles. The highest BCUT2D eigenvalue weighted by molar-refractivity contribution is 5.87. The van der Waals surface area contributed by atoms with Crippen molar-refractivity contribution in [2.24, 2.45) is 11.3 Å². The van der Waals surface area contributed by atoms with E-state index in [2.05, 4.69) is 29.6 Å². The minimum atomic E-state index is -0.855. The lowest BCUT2D eigenvalue weighted by Gasteiger charge is -2.26. The number of hydrogen-bond acceptors (Lipinski definition) is 5. The molecule has 1 aliphatic heterocycles. The lowest BCUT2D eigenvalue weighted by atomic mass is 9.93. The minimum Gasteiger partial charge on any atom is -0.481 e. The number of fused-ring (bicyclic) bond motifs is 3. The molecule has 2 fully saturated rings. The number of carbonyl (C=O) groups excluding carboxylic acids is 2. The van der Waals surface area contributed by atoms with E-state index in [1.54, 1.807) is 4.90 Å². The van der Waals surface area contributed by atoms with Crippen LogP contribution >= 0.6 is 0 Å². The number of carbonyl (C=O) groups is 3. The Bertz CT molecular complexity index is 1110. The summed E-state index contributed by atoms with van der Waals surface area (Å²) in [5, 5.41) is 12.3. The number of amides is 2. The Morgan fingerprint density at radius 3 is 2.20 bits per heavy atom. The molecule has 1 saturated heterocycles. The van der Waals surface area contributed by atoms with Crippen molar-refractivity contribution >= 4 is 18.0 Å². The predicted octanol–water partition coefficient (Wildman–Crippen LogP) is 2.78. The number of rotatable bonds is 7. The van der Waals surface area contributed by atoms with Gasteiger partial charge >= 0.3 is 12.1 Å². The molecule has 35 heavy (non-hydrogen) atoms. The summed E-state index contributed by atoms with van der Waals surface area (Å²) in [4.78, 5) is 41.3. The van der Waals surface area contributed by atoms with Gasteiger partial charge in [-0.3, -0.25) is 9.59 Å². The fraction of sp³-hybridized carbons (Fsp3) is 0.444. The Labute approximate surface area is 204 Å². The highest BCUT2D eigenvalue weighted by Gasteiger charge is 2.59. The number of carboxylic acids is 1. The molecule has 1 heterocycles. The monoisotopic (exact) mass is 477 g/mol. The lowest BCUT2D eigenvalue weighted by Crippen LogP contribution is -2.52. The van der Waals surface area contributed by atoms with Crippen LogP contribution in [0.25, 0.3) is 11.1 Å². The Hall–Kier alpha value is -3.39. The summed E-state index contributed by atoms with van der Waals surface area (Å²) in [6, 6.07) is 15.4. The topological polar surface area (TPSA) is 99.2 Å². The van der Waals surface area contributed by atoms with E-state index in [9.17, 15) is 19.5 Å². The maximum atomic E-state index is 13.3. The van der Waals surface area contributed by atoms with Crippen LogP contribution in [-0.2, 0) is 14.3 Å². The van der Waals surface area contributed by atoms with Gasteiger partial charge in [0.1, 0.15) is 12.6 Å². The third-order valence-corrected chi connectivity index (χ3v) is 7.63. The van der Waals surface area contributed by atoms with Gasteiger partial charge in [0, 0.05) is 31.0 Å². The average Bonchev–Trinajstić information content (AvgIpc) is 3.38. The number of hydrogen-bond donors (Lipinski definition) is 2. The smallest absolute Gasteiger partial charge is 0.407 e. The summed E-state index contributed by atoms with van der Waals surface area (Å²) in [5.41, 5.74) is 4.24. The summed E-state index contributed by atoms with van der Waals surface area (Å²) in [7, 11) is 3.65. The summed E-state index contributed by atoms with van der Waals surface area (Å²) < 4.78 is 5.64. The number of likely N-dealkylation sites (tertiary alicyclic amines) is 1. The second-order valence-electron chi connectivity index (χ2n) is 10.3. The maximum Gasteiger partial charge on any atom is 0.407 e. The molecular weight excluding hydrogens is 446 g/mol. The molecule has 1 spiro atoms. The summed E-state index contributed by atoms with van der Waals surface area (Å²) in [5.74, 6) is -1.73. The van der Waals surface area contributed by atoms with Crippen LogP contribution in [0.1, 0.15) is 29.9 Å². The molecule has 2 atom stereocenters. The Kier molecular flexibility index (Phi) is 6.01. The van der Waals surface area contributed by atoms with E-state index in [-0.39, 0.29) is 30.4 Å². The quantitative estimate of drug-likeness (QED) is 0.636. The number of carboxylic acid groups (broad SMARTS) is 1. The molecule has 1 unspecified atom stereocenters. The number of alkyl carbamates (subject to hydrolysis) is 1. The first-order valence-electron chi connectivity index (χ1n) is 12.1. The molecule has 0 bridgehead atoms. The fourth-order valence-corrected chi connectivity index (χ4v) is 5.70. The molecule has 184 valence electrons. The van der Waals surface area contributed by atoms with Crippen molar-refractivity contribution in [2.45, 2.75) is 24.8 Å². The fourth-order valence-electron chi connectivity index (χ4n) is 5.70. The van der Waals surface area contributed by atoms with Gasteiger partial charge in [-0.2, -0.15) is 0 Å². The number of nitrogens with zero attached hydrogens (tertiary/aromatic N) is 2. The van der Waals surface area contributed by atoms with E-state index >= 15 is 0 Å². The van der Waals surface area contributed by atoms with Gasteiger partial charge in [-0.05, 0) is 49.2 Å². The van der Waals surface area contributed by atoms with E-state index in [1.807, 2.05) is 43.3 Å². The molecule has 2 aromatic rings. The highest BCUT2D eigenvalue weighted by Crippen LogP contribution is 2.56. The number of aliphatic carboxylic acids is 1. The molecule has 2 amide bonds. The first kappa shape index (κ1) is 23.4. The predicted molar refractivity (Wildman–Crippen MR) is 130 cm³/mol. The van der Waals surface area contributed by atoms with Crippen LogP contribution in [0.15, 0.2) is 48.5 Å². The molecule has 3 aliphatic rings. The molecule has 8 heteroatoms. The van der Waals surface area contributed by atoms with Gasteiger partial charge in [0.25, 0.3) is 0 Å². The SMILES string of the molecule is CN(C)C[C@H](NC(=O)OCC1c2ccccc2-c2ccccc21)C(=O)N1CC(C(=O)O)C2(CC2)C1.